The number of hydrogen-bond donors (Lipinski definition) is 1. The molecular formula is C8H17NOS. The third-order valence-electron chi connectivity index (χ3n) is 1.99. The van der Waals surface area contributed by atoms with Crippen LogP contribution in [0.15, 0.2) is 0 Å². The normalized spacial score (nSPS) is 23.5. The van der Waals surface area contributed by atoms with Gasteiger partial charge in [-0.15, -0.1) is 0 Å². The number of rotatable bonds is 3. The highest BCUT2D eigenvalue weighted by atomic mass is 32.2. The summed E-state index contributed by atoms with van der Waals surface area (Å²) in [5, 5.41) is 8.83. The van der Waals surface area contributed by atoms with Crippen molar-refractivity contribution in [3.05, 3.63) is 0 Å². The monoisotopic (exact) mass is 175 g/mol. The van der Waals surface area contributed by atoms with Gasteiger partial charge in [-0.1, -0.05) is 6.92 Å². The van der Waals surface area contributed by atoms with Crippen LogP contribution in [0.4, 0.5) is 0 Å². The van der Waals surface area contributed by atoms with Crippen molar-refractivity contribution < 1.29 is 5.11 Å². The van der Waals surface area contributed by atoms with Crippen LogP contribution in [-0.4, -0.2) is 47.8 Å². The molecule has 1 N–H and O–H groups in total. The molecular weight excluding hydrogens is 158 g/mol. The summed E-state index contributed by atoms with van der Waals surface area (Å²) in [6.45, 7) is 5.90. The van der Waals surface area contributed by atoms with Gasteiger partial charge >= 0.3 is 0 Å². The second kappa shape index (κ2) is 5.01. The van der Waals surface area contributed by atoms with Gasteiger partial charge in [-0.25, -0.2) is 0 Å². The predicted molar refractivity (Wildman–Crippen MR) is 50.0 cm³/mol. The zero-order valence-electron chi connectivity index (χ0n) is 7.12. The van der Waals surface area contributed by atoms with E-state index in [1.165, 1.54) is 24.6 Å². The van der Waals surface area contributed by atoms with Gasteiger partial charge < -0.3 is 10.0 Å². The van der Waals surface area contributed by atoms with Gasteiger partial charge in [-0.3, -0.25) is 0 Å². The smallest absolute Gasteiger partial charge is 0.0468 e. The topological polar surface area (TPSA) is 23.5 Å². The molecule has 1 heterocycles. The molecule has 1 saturated heterocycles. The van der Waals surface area contributed by atoms with Crippen molar-refractivity contribution in [3.63, 3.8) is 0 Å². The van der Waals surface area contributed by atoms with E-state index in [9.17, 15) is 0 Å². The fraction of sp³-hybridized carbons (Fsp3) is 1.00. The van der Waals surface area contributed by atoms with E-state index in [-0.39, 0.29) is 0 Å². The van der Waals surface area contributed by atoms with Crippen LogP contribution in [0.5, 0.6) is 0 Å². The Labute approximate surface area is 73.0 Å². The summed E-state index contributed by atoms with van der Waals surface area (Å²) < 4.78 is 0. The Morgan fingerprint density at radius 2 is 2.09 bits per heavy atom. The van der Waals surface area contributed by atoms with Gasteiger partial charge in [0, 0.05) is 37.7 Å². The molecule has 0 radical (unpaired) electrons. The van der Waals surface area contributed by atoms with Crippen LogP contribution in [0.3, 0.4) is 0 Å². The Morgan fingerprint density at radius 1 is 1.45 bits per heavy atom. The maximum atomic E-state index is 8.83. The molecule has 0 spiro atoms. The Bertz CT molecular complexity index is 104. The molecule has 0 aliphatic carbocycles. The quantitative estimate of drug-likeness (QED) is 0.682. The fourth-order valence-electron chi connectivity index (χ4n) is 1.28. The zero-order chi connectivity index (χ0) is 8.10. The molecule has 1 atom stereocenters. The van der Waals surface area contributed by atoms with Crippen molar-refractivity contribution in [3.8, 4) is 0 Å². The van der Waals surface area contributed by atoms with Gasteiger partial charge in [0.1, 0.15) is 0 Å². The van der Waals surface area contributed by atoms with Crippen molar-refractivity contribution in [2.45, 2.75) is 6.92 Å². The highest BCUT2D eigenvalue weighted by Crippen LogP contribution is 2.10. The van der Waals surface area contributed by atoms with Gasteiger partial charge in [0.25, 0.3) is 0 Å². The average molecular weight is 175 g/mol. The Hall–Kier alpha value is 0.270. The van der Waals surface area contributed by atoms with E-state index in [2.05, 4.69) is 11.8 Å². The molecule has 1 rings (SSSR count). The fourth-order valence-corrected chi connectivity index (χ4v) is 2.26. The third kappa shape index (κ3) is 3.45. The van der Waals surface area contributed by atoms with Crippen molar-refractivity contribution in [1.29, 1.82) is 0 Å². The van der Waals surface area contributed by atoms with Gasteiger partial charge in [0.15, 0.2) is 0 Å². The molecule has 11 heavy (non-hydrogen) atoms. The van der Waals surface area contributed by atoms with Crippen molar-refractivity contribution >= 4 is 11.8 Å². The van der Waals surface area contributed by atoms with Crippen molar-refractivity contribution in [1.82, 2.24) is 4.90 Å². The maximum absolute atomic E-state index is 8.83. The molecule has 1 fully saturated rings. The van der Waals surface area contributed by atoms with Crippen molar-refractivity contribution in [2.75, 3.05) is 37.7 Å². The maximum Gasteiger partial charge on any atom is 0.0468 e. The molecule has 0 bridgehead atoms. The zero-order valence-corrected chi connectivity index (χ0v) is 7.94. The Morgan fingerprint density at radius 3 is 2.64 bits per heavy atom. The number of aliphatic hydroxyl groups is 1. The number of aliphatic hydroxyl groups excluding tert-OH is 1. The van der Waals surface area contributed by atoms with Crippen LogP contribution in [0.1, 0.15) is 6.92 Å². The first-order chi connectivity index (χ1) is 5.33. The molecule has 0 amide bonds. The van der Waals surface area contributed by atoms with Gasteiger partial charge in [-0.05, 0) is 5.92 Å². The lowest BCUT2D eigenvalue weighted by Gasteiger charge is -2.28. The summed E-state index contributed by atoms with van der Waals surface area (Å²) >= 11 is 2.03. The Balaban J connectivity index is 2.13. The summed E-state index contributed by atoms with van der Waals surface area (Å²) in [4.78, 5) is 2.44. The molecule has 1 aliphatic heterocycles. The second-order valence-electron chi connectivity index (χ2n) is 3.20. The molecule has 1 aliphatic rings. The number of hydrogen-bond acceptors (Lipinski definition) is 3. The lowest BCUT2D eigenvalue weighted by atomic mass is 10.2. The van der Waals surface area contributed by atoms with E-state index < -0.39 is 0 Å². The van der Waals surface area contributed by atoms with Crippen LogP contribution in [-0.2, 0) is 0 Å². The molecule has 3 heteroatoms. The van der Waals surface area contributed by atoms with Crippen LogP contribution in [0, 0.1) is 5.92 Å². The minimum absolute atomic E-state index is 0.323. The molecule has 1 unspecified atom stereocenters. The molecule has 0 saturated carbocycles. The minimum Gasteiger partial charge on any atom is -0.396 e. The average Bonchev–Trinajstić information content (AvgIpc) is 2.06. The second-order valence-corrected chi connectivity index (χ2v) is 4.43. The van der Waals surface area contributed by atoms with E-state index >= 15 is 0 Å². The third-order valence-corrected chi connectivity index (χ3v) is 2.93. The van der Waals surface area contributed by atoms with Crippen LogP contribution in [0.2, 0.25) is 0 Å². The largest absolute Gasteiger partial charge is 0.396 e. The Kier molecular flexibility index (Phi) is 4.26. The van der Waals surface area contributed by atoms with Crippen LogP contribution >= 0.6 is 11.8 Å². The predicted octanol–water partition coefficient (Wildman–Crippen LogP) is 0.664. The summed E-state index contributed by atoms with van der Waals surface area (Å²) in [5.41, 5.74) is 0. The van der Waals surface area contributed by atoms with Gasteiger partial charge in [0.05, 0.1) is 0 Å². The van der Waals surface area contributed by atoms with E-state index in [0.717, 1.165) is 6.54 Å². The molecule has 66 valence electrons. The van der Waals surface area contributed by atoms with Gasteiger partial charge in [0.2, 0.25) is 0 Å². The van der Waals surface area contributed by atoms with Crippen LogP contribution < -0.4 is 0 Å². The van der Waals surface area contributed by atoms with E-state index in [4.69, 9.17) is 5.11 Å². The summed E-state index contributed by atoms with van der Waals surface area (Å²) in [6, 6.07) is 0. The van der Waals surface area contributed by atoms with Gasteiger partial charge in [-0.2, -0.15) is 11.8 Å². The highest BCUT2D eigenvalue weighted by molar-refractivity contribution is 7.99. The standard InChI is InChI=1S/C8H17NOS/c1-8(7-10)6-9-2-4-11-5-3-9/h8,10H,2-7H2,1H3. The lowest BCUT2D eigenvalue weighted by Crippen LogP contribution is -2.36. The van der Waals surface area contributed by atoms with E-state index in [0.29, 0.717) is 12.5 Å². The summed E-state index contributed by atoms with van der Waals surface area (Å²) in [5.74, 6) is 2.97. The van der Waals surface area contributed by atoms with E-state index in [1.54, 1.807) is 0 Å². The van der Waals surface area contributed by atoms with Crippen molar-refractivity contribution in [2.24, 2.45) is 5.92 Å². The number of nitrogens with zero attached hydrogens (tertiary/aromatic N) is 1. The highest BCUT2D eigenvalue weighted by Gasteiger charge is 2.12. The minimum atomic E-state index is 0.323. The SMILES string of the molecule is CC(CO)CN1CCSCC1. The first kappa shape index (κ1) is 9.36. The lowest BCUT2D eigenvalue weighted by molar-refractivity contribution is 0.181. The van der Waals surface area contributed by atoms with E-state index in [1.807, 2.05) is 11.8 Å². The molecule has 0 aromatic heterocycles. The first-order valence-corrected chi connectivity index (χ1v) is 5.39. The molecule has 0 aromatic rings. The molecule has 0 aromatic carbocycles. The first-order valence-electron chi connectivity index (χ1n) is 4.24. The number of thioether (sulfide) groups is 1. The molecule has 2 nitrogen and oxygen atoms in total. The summed E-state index contributed by atoms with van der Waals surface area (Å²) in [7, 11) is 0. The summed E-state index contributed by atoms with van der Waals surface area (Å²) in [6.07, 6.45) is 0. The van der Waals surface area contributed by atoms with Crippen LogP contribution in [0.25, 0.3) is 0 Å².